The Kier molecular flexibility index (Phi) is 5.91. The molecule has 6 heteroatoms. The van der Waals surface area contributed by atoms with E-state index in [1.54, 1.807) is 6.92 Å². The Bertz CT molecular complexity index is 263. The van der Waals surface area contributed by atoms with Crippen molar-refractivity contribution in [1.82, 2.24) is 10.2 Å². The Morgan fingerprint density at radius 3 is 2.67 bits per heavy atom. The van der Waals surface area contributed by atoms with Crippen LogP contribution < -0.4 is 5.32 Å². The fraction of sp³-hybridized carbons (Fsp3) is 0.917. The average molecular weight is 266 g/mol. The summed E-state index contributed by atoms with van der Waals surface area (Å²) in [5.74, 6) is 0.0349. The molecule has 106 valence electrons. The van der Waals surface area contributed by atoms with E-state index in [-0.39, 0.29) is 18.9 Å². The summed E-state index contributed by atoms with van der Waals surface area (Å²) in [4.78, 5) is 12.6. The van der Waals surface area contributed by atoms with Crippen molar-refractivity contribution in [1.29, 1.82) is 0 Å². The summed E-state index contributed by atoms with van der Waals surface area (Å²) in [5.41, 5.74) is 0. The average Bonchev–Trinajstić information content (AvgIpc) is 2.33. The monoisotopic (exact) mass is 266 g/mol. The molecule has 0 aromatic rings. The molecule has 0 radical (unpaired) electrons. The smallest absolute Gasteiger partial charge is 0.334 e. The number of carbonyl (C=O) groups excluding carboxylic acids is 1. The number of piperidine rings is 1. The molecule has 0 aromatic heterocycles. The first-order valence-corrected chi connectivity index (χ1v) is 6.47. The molecule has 18 heavy (non-hydrogen) atoms. The molecule has 1 fully saturated rings. The molecule has 0 spiro atoms. The van der Waals surface area contributed by atoms with Crippen LogP contribution in [0.5, 0.6) is 0 Å². The summed E-state index contributed by atoms with van der Waals surface area (Å²) in [5, 5.41) is 3.24. The fourth-order valence-corrected chi connectivity index (χ4v) is 2.25. The van der Waals surface area contributed by atoms with Crippen LogP contribution >= 0.6 is 0 Å². The van der Waals surface area contributed by atoms with Crippen LogP contribution in [0.3, 0.4) is 0 Å². The summed E-state index contributed by atoms with van der Waals surface area (Å²) < 4.78 is 36.7. The minimum absolute atomic E-state index is 0.112. The van der Waals surface area contributed by atoms with Crippen LogP contribution in [-0.2, 0) is 4.79 Å². The second kappa shape index (κ2) is 6.97. The minimum Gasteiger partial charge on any atom is -0.334 e. The molecule has 0 saturated carbocycles. The van der Waals surface area contributed by atoms with Gasteiger partial charge in [0.2, 0.25) is 5.91 Å². The van der Waals surface area contributed by atoms with Crippen molar-refractivity contribution < 1.29 is 18.0 Å². The maximum atomic E-state index is 12.2. The highest BCUT2D eigenvalue weighted by molar-refractivity contribution is 5.76. The van der Waals surface area contributed by atoms with E-state index in [0.717, 1.165) is 30.8 Å². The van der Waals surface area contributed by atoms with E-state index in [0.29, 0.717) is 12.3 Å². The third-order valence-electron chi connectivity index (χ3n) is 3.27. The molecule has 1 aliphatic rings. The van der Waals surface area contributed by atoms with Crippen molar-refractivity contribution >= 4 is 5.91 Å². The molecule has 0 aliphatic carbocycles. The van der Waals surface area contributed by atoms with E-state index in [1.807, 2.05) is 0 Å². The van der Waals surface area contributed by atoms with E-state index < -0.39 is 12.7 Å². The third-order valence-corrected chi connectivity index (χ3v) is 3.27. The lowest BCUT2D eigenvalue weighted by Gasteiger charge is -2.25. The van der Waals surface area contributed by atoms with Crippen molar-refractivity contribution in [3.05, 3.63) is 0 Å². The summed E-state index contributed by atoms with van der Waals surface area (Å²) in [6, 6.07) is 0. The first kappa shape index (κ1) is 15.3. The molecular weight excluding hydrogens is 245 g/mol. The van der Waals surface area contributed by atoms with Crippen molar-refractivity contribution in [2.24, 2.45) is 5.92 Å². The third kappa shape index (κ3) is 5.71. The highest BCUT2D eigenvalue weighted by atomic mass is 19.4. The predicted molar refractivity (Wildman–Crippen MR) is 63.1 cm³/mol. The van der Waals surface area contributed by atoms with Gasteiger partial charge in [0.25, 0.3) is 0 Å². The lowest BCUT2D eigenvalue weighted by molar-refractivity contribution is -0.160. The van der Waals surface area contributed by atoms with Gasteiger partial charge in [-0.05, 0) is 45.2 Å². The number of hydrogen-bond donors (Lipinski definition) is 1. The maximum Gasteiger partial charge on any atom is 0.406 e. The molecular formula is C12H21F3N2O. The minimum atomic E-state index is -4.31. The molecule has 1 atom stereocenters. The lowest BCUT2D eigenvalue weighted by Crippen LogP contribution is -2.39. The second-order valence-electron chi connectivity index (χ2n) is 4.77. The molecule has 0 aromatic carbocycles. The summed E-state index contributed by atoms with van der Waals surface area (Å²) in [6.07, 6.45) is -1.26. The Morgan fingerprint density at radius 2 is 2.17 bits per heavy atom. The zero-order valence-electron chi connectivity index (χ0n) is 10.7. The SMILES string of the molecule is CCN(CC(F)(F)F)C(=O)CCC1CCCNC1. The summed E-state index contributed by atoms with van der Waals surface area (Å²) in [7, 11) is 0. The van der Waals surface area contributed by atoms with Gasteiger partial charge in [0, 0.05) is 13.0 Å². The number of alkyl halides is 3. The molecule has 0 bridgehead atoms. The van der Waals surface area contributed by atoms with Crippen LogP contribution in [0.25, 0.3) is 0 Å². The Balaban J connectivity index is 2.32. The molecule has 1 saturated heterocycles. The van der Waals surface area contributed by atoms with Gasteiger partial charge >= 0.3 is 6.18 Å². The molecule has 1 rings (SSSR count). The number of carbonyl (C=O) groups is 1. The largest absolute Gasteiger partial charge is 0.406 e. The highest BCUT2D eigenvalue weighted by Gasteiger charge is 2.32. The predicted octanol–water partition coefficient (Wildman–Crippen LogP) is 2.18. The van der Waals surface area contributed by atoms with Crippen molar-refractivity contribution in [3.63, 3.8) is 0 Å². The van der Waals surface area contributed by atoms with Crippen molar-refractivity contribution in [2.45, 2.75) is 38.8 Å². The van der Waals surface area contributed by atoms with Gasteiger partial charge in [-0.3, -0.25) is 4.79 Å². The number of amides is 1. The molecule has 1 N–H and O–H groups in total. The van der Waals surface area contributed by atoms with Gasteiger partial charge < -0.3 is 10.2 Å². The Labute approximate surface area is 106 Å². The molecule has 1 unspecified atom stereocenters. The van der Waals surface area contributed by atoms with Crippen LogP contribution in [0, 0.1) is 5.92 Å². The van der Waals surface area contributed by atoms with Crippen LogP contribution in [0.1, 0.15) is 32.6 Å². The highest BCUT2D eigenvalue weighted by Crippen LogP contribution is 2.19. The maximum absolute atomic E-state index is 12.2. The zero-order valence-corrected chi connectivity index (χ0v) is 10.7. The van der Waals surface area contributed by atoms with Crippen LogP contribution in [-0.4, -0.2) is 43.2 Å². The number of nitrogens with zero attached hydrogens (tertiary/aromatic N) is 1. The van der Waals surface area contributed by atoms with Gasteiger partial charge in [0.1, 0.15) is 6.54 Å². The van der Waals surface area contributed by atoms with Crippen LogP contribution in [0.4, 0.5) is 13.2 Å². The van der Waals surface area contributed by atoms with Gasteiger partial charge in [-0.25, -0.2) is 0 Å². The number of hydrogen-bond acceptors (Lipinski definition) is 2. The summed E-state index contributed by atoms with van der Waals surface area (Å²) >= 11 is 0. The van der Waals surface area contributed by atoms with E-state index in [9.17, 15) is 18.0 Å². The lowest BCUT2D eigenvalue weighted by atomic mass is 9.94. The number of rotatable bonds is 5. The standard InChI is InChI=1S/C12H21F3N2O/c1-2-17(9-12(13,14)15)11(18)6-5-10-4-3-7-16-8-10/h10,16H,2-9H2,1H3. The quantitative estimate of drug-likeness (QED) is 0.827. The first-order chi connectivity index (χ1) is 8.42. The van der Waals surface area contributed by atoms with Gasteiger partial charge in [0.15, 0.2) is 0 Å². The first-order valence-electron chi connectivity index (χ1n) is 6.47. The van der Waals surface area contributed by atoms with Gasteiger partial charge in [0.05, 0.1) is 0 Å². The topological polar surface area (TPSA) is 32.3 Å². The molecule has 1 amide bonds. The van der Waals surface area contributed by atoms with Crippen LogP contribution in [0.2, 0.25) is 0 Å². The van der Waals surface area contributed by atoms with E-state index >= 15 is 0 Å². The molecule has 3 nitrogen and oxygen atoms in total. The van der Waals surface area contributed by atoms with E-state index in [1.165, 1.54) is 0 Å². The normalized spacial score (nSPS) is 20.8. The van der Waals surface area contributed by atoms with Gasteiger partial charge in [-0.15, -0.1) is 0 Å². The summed E-state index contributed by atoms with van der Waals surface area (Å²) in [6.45, 7) is 2.43. The fourth-order valence-electron chi connectivity index (χ4n) is 2.25. The Morgan fingerprint density at radius 1 is 1.44 bits per heavy atom. The van der Waals surface area contributed by atoms with E-state index in [4.69, 9.17) is 0 Å². The number of nitrogens with one attached hydrogen (secondary N) is 1. The van der Waals surface area contributed by atoms with Gasteiger partial charge in [-0.2, -0.15) is 13.2 Å². The zero-order chi connectivity index (χ0) is 13.6. The van der Waals surface area contributed by atoms with Crippen LogP contribution in [0.15, 0.2) is 0 Å². The van der Waals surface area contributed by atoms with Gasteiger partial charge in [-0.1, -0.05) is 0 Å². The second-order valence-corrected chi connectivity index (χ2v) is 4.77. The molecule has 1 heterocycles. The van der Waals surface area contributed by atoms with Crippen molar-refractivity contribution in [3.8, 4) is 0 Å². The molecule has 1 aliphatic heterocycles. The van der Waals surface area contributed by atoms with Crippen molar-refractivity contribution in [2.75, 3.05) is 26.2 Å². The number of halogens is 3. The Hall–Kier alpha value is -0.780. The van der Waals surface area contributed by atoms with E-state index in [2.05, 4.69) is 5.32 Å².